The Morgan fingerprint density at radius 1 is 1.56 bits per heavy atom. The van der Waals surface area contributed by atoms with Crippen molar-refractivity contribution >= 4 is 35.3 Å². The predicted octanol–water partition coefficient (Wildman–Crippen LogP) is 2.11. The first kappa shape index (κ1) is 11.0. The van der Waals surface area contributed by atoms with Crippen LogP contribution in [0.15, 0.2) is 29.0 Å². The van der Waals surface area contributed by atoms with Crippen LogP contribution in [0.25, 0.3) is 11.1 Å². The van der Waals surface area contributed by atoms with Crippen molar-refractivity contribution in [1.82, 2.24) is 4.98 Å². The van der Waals surface area contributed by atoms with Crippen LogP contribution in [0.1, 0.15) is 6.42 Å². The lowest BCUT2D eigenvalue weighted by Gasteiger charge is -2.16. The summed E-state index contributed by atoms with van der Waals surface area (Å²) in [5, 5.41) is 0. The number of amides is 1. The van der Waals surface area contributed by atoms with Crippen molar-refractivity contribution in [1.29, 1.82) is 0 Å². The third-order valence-corrected chi connectivity index (χ3v) is 2.63. The minimum Gasteiger partial charge on any atom is -0.443 e. The van der Waals surface area contributed by atoms with Crippen LogP contribution >= 0.6 is 12.6 Å². The molecule has 1 amide bonds. The Bertz CT molecular complexity index is 509. The summed E-state index contributed by atoms with van der Waals surface area (Å²) in [5.41, 5.74) is 2.28. The molecule has 0 aliphatic heterocycles. The maximum absolute atomic E-state index is 11.6. The van der Waals surface area contributed by atoms with Gasteiger partial charge in [0.25, 0.3) is 0 Å². The Morgan fingerprint density at radius 2 is 2.38 bits per heavy atom. The summed E-state index contributed by atoms with van der Waals surface area (Å²) in [4.78, 5) is 17.3. The summed E-state index contributed by atoms with van der Waals surface area (Å²) in [6.07, 6.45) is 1.82. The summed E-state index contributed by atoms with van der Waals surface area (Å²) in [6, 6.07) is 5.48. The van der Waals surface area contributed by atoms with Gasteiger partial charge in [-0.3, -0.25) is 4.79 Å². The maximum atomic E-state index is 11.6. The van der Waals surface area contributed by atoms with Crippen molar-refractivity contribution in [3.8, 4) is 0 Å². The van der Waals surface area contributed by atoms with Gasteiger partial charge in [-0.1, -0.05) is 0 Å². The molecule has 1 heterocycles. The number of hydrogen-bond acceptors (Lipinski definition) is 4. The van der Waals surface area contributed by atoms with E-state index in [0.29, 0.717) is 17.8 Å². The largest absolute Gasteiger partial charge is 0.443 e. The molecule has 1 aromatic heterocycles. The molecular formula is C11H12N2O2S. The Hall–Kier alpha value is -1.49. The zero-order valence-electron chi connectivity index (χ0n) is 8.88. The fourth-order valence-electron chi connectivity index (χ4n) is 1.46. The highest BCUT2D eigenvalue weighted by molar-refractivity contribution is 7.80. The molecule has 0 aliphatic carbocycles. The molecule has 0 bridgehead atoms. The van der Waals surface area contributed by atoms with E-state index in [9.17, 15) is 4.79 Å². The second-order valence-corrected chi connectivity index (χ2v) is 3.88. The van der Waals surface area contributed by atoms with Gasteiger partial charge in [-0.2, -0.15) is 12.6 Å². The SMILES string of the molecule is CN(C(=O)CCS)c1ccc2ncoc2c1. The molecule has 0 spiro atoms. The van der Waals surface area contributed by atoms with Gasteiger partial charge in [-0.25, -0.2) is 4.98 Å². The van der Waals surface area contributed by atoms with Gasteiger partial charge in [-0.15, -0.1) is 0 Å². The molecular weight excluding hydrogens is 224 g/mol. The Kier molecular flexibility index (Phi) is 3.14. The van der Waals surface area contributed by atoms with E-state index in [2.05, 4.69) is 17.6 Å². The molecule has 4 nitrogen and oxygen atoms in total. The van der Waals surface area contributed by atoms with Crippen LogP contribution < -0.4 is 4.90 Å². The number of hydrogen-bond donors (Lipinski definition) is 1. The lowest BCUT2D eigenvalue weighted by Crippen LogP contribution is -2.26. The quantitative estimate of drug-likeness (QED) is 0.830. The number of carbonyl (C=O) groups is 1. The van der Waals surface area contributed by atoms with Gasteiger partial charge in [-0.05, 0) is 17.9 Å². The molecule has 1 aromatic carbocycles. The summed E-state index contributed by atoms with van der Waals surface area (Å²) >= 11 is 4.04. The monoisotopic (exact) mass is 236 g/mol. The highest BCUT2D eigenvalue weighted by Crippen LogP contribution is 2.20. The third-order valence-electron chi connectivity index (χ3n) is 2.40. The molecule has 0 radical (unpaired) electrons. The first-order chi connectivity index (χ1) is 7.72. The number of nitrogens with zero attached hydrogens (tertiary/aromatic N) is 2. The Morgan fingerprint density at radius 3 is 3.12 bits per heavy atom. The van der Waals surface area contributed by atoms with Crippen LogP contribution in [-0.4, -0.2) is 23.7 Å². The number of carbonyl (C=O) groups excluding carboxylic acids is 1. The van der Waals surface area contributed by atoms with Crippen LogP contribution in [0.4, 0.5) is 5.69 Å². The number of anilines is 1. The van der Waals surface area contributed by atoms with Gasteiger partial charge in [0.1, 0.15) is 5.52 Å². The standard InChI is InChI=1S/C11H12N2O2S/c1-13(11(14)4-5-16)8-2-3-9-10(6-8)15-7-12-9/h2-3,6-7,16H,4-5H2,1H3. The van der Waals surface area contributed by atoms with Crippen molar-refractivity contribution in [2.24, 2.45) is 0 Å². The van der Waals surface area contributed by atoms with E-state index in [0.717, 1.165) is 11.2 Å². The van der Waals surface area contributed by atoms with E-state index in [-0.39, 0.29) is 5.91 Å². The number of rotatable bonds is 3. The van der Waals surface area contributed by atoms with E-state index >= 15 is 0 Å². The molecule has 0 fully saturated rings. The number of thiol groups is 1. The van der Waals surface area contributed by atoms with E-state index in [4.69, 9.17) is 4.42 Å². The summed E-state index contributed by atoms with van der Waals surface area (Å²) in [5.74, 6) is 0.585. The molecule has 5 heteroatoms. The van der Waals surface area contributed by atoms with E-state index < -0.39 is 0 Å². The molecule has 0 aliphatic rings. The molecule has 2 rings (SSSR count). The second kappa shape index (κ2) is 4.57. The van der Waals surface area contributed by atoms with Crippen molar-refractivity contribution in [2.45, 2.75) is 6.42 Å². The molecule has 84 valence electrons. The van der Waals surface area contributed by atoms with Gasteiger partial charge >= 0.3 is 0 Å². The van der Waals surface area contributed by atoms with Gasteiger partial charge in [0.05, 0.1) is 0 Å². The topological polar surface area (TPSA) is 46.3 Å². The number of fused-ring (bicyclic) bond motifs is 1. The zero-order valence-corrected chi connectivity index (χ0v) is 9.78. The van der Waals surface area contributed by atoms with Crippen molar-refractivity contribution in [2.75, 3.05) is 17.7 Å². The lowest BCUT2D eigenvalue weighted by atomic mass is 10.2. The smallest absolute Gasteiger partial charge is 0.227 e. The minimum absolute atomic E-state index is 0.0360. The average Bonchev–Trinajstić information content (AvgIpc) is 2.75. The molecule has 2 aromatic rings. The molecule has 0 saturated heterocycles. The van der Waals surface area contributed by atoms with Gasteiger partial charge in [0.15, 0.2) is 12.0 Å². The first-order valence-electron chi connectivity index (χ1n) is 4.93. The maximum Gasteiger partial charge on any atom is 0.227 e. The van der Waals surface area contributed by atoms with Crippen molar-refractivity contribution < 1.29 is 9.21 Å². The zero-order chi connectivity index (χ0) is 11.5. The fourth-order valence-corrected chi connectivity index (χ4v) is 1.65. The molecule has 0 atom stereocenters. The van der Waals surface area contributed by atoms with Gasteiger partial charge in [0, 0.05) is 25.2 Å². The Labute approximate surface area is 98.7 Å². The minimum atomic E-state index is 0.0360. The van der Waals surface area contributed by atoms with Crippen LogP contribution in [0, 0.1) is 0 Å². The lowest BCUT2D eigenvalue weighted by molar-refractivity contribution is -0.117. The number of aromatic nitrogens is 1. The van der Waals surface area contributed by atoms with Crippen LogP contribution in [-0.2, 0) is 4.79 Å². The normalized spacial score (nSPS) is 10.6. The first-order valence-corrected chi connectivity index (χ1v) is 5.56. The van der Waals surface area contributed by atoms with Crippen molar-refractivity contribution in [3.63, 3.8) is 0 Å². The number of oxazole rings is 1. The highest BCUT2D eigenvalue weighted by Gasteiger charge is 2.11. The van der Waals surface area contributed by atoms with Crippen LogP contribution in [0.3, 0.4) is 0 Å². The average molecular weight is 236 g/mol. The van der Waals surface area contributed by atoms with E-state index in [1.807, 2.05) is 12.1 Å². The fraction of sp³-hybridized carbons (Fsp3) is 0.273. The van der Waals surface area contributed by atoms with E-state index in [1.54, 1.807) is 18.0 Å². The van der Waals surface area contributed by atoms with Crippen LogP contribution in [0.2, 0.25) is 0 Å². The highest BCUT2D eigenvalue weighted by atomic mass is 32.1. The van der Waals surface area contributed by atoms with Gasteiger partial charge in [0.2, 0.25) is 5.91 Å². The summed E-state index contributed by atoms with van der Waals surface area (Å²) < 4.78 is 5.18. The molecule has 0 saturated carbocycles. The predicted molar refractivity (Wildman–Crippen MR) is 65.9 cm³/mol. The Balaban J connectivity index is 2.28. The molecule has 16 heavy (non-hydrogen) atoms. The second-order valence-electron chi connectivity index (χ2n) is 3.43. The van der Waals surface area contributed by atoms with Crippen LogP contribution in [0.5, 0.6) is 0 Å². The summed E-state index contributed by atoms with van der Waals surface area (Å²) in [7, 11) is 1.74. The third kappa shape index (κ3) is 2.04. The van der Waals surface area contributed by atoms with Crippen molar-refractivity contribution in [3.05, 3.63) is 24.6 Å². The van der Waals surface area contributed by atoms with E-state index in [1.165, 1.54) is 6.39 Å². The molecule has 0 unspecified atom stereocenters. The number of benzene rings is 1. The summed E-state index contributed by atoms with van der Waals surface area (Å²) in [6.45, 7) is 0. The van der Waals surface area contributed by atoms with Gasteiger partial charge < -0.3 is 9.32 Å². The molecule has 0 N–H and O–H groups in total.